The predicted octanol–water partition coefficient (Wildman–Crippen LogP) is -2.21. The van der Waals surface area contributed by atoms with Crippen LogP contribution in [-0.4, -0.2) is 159 Å². The number of methoxy groups -OCH3 is 1. The fourth-order valence-electron chi connectivity index (χ4n) is 5.47. The zero-order valence-corrected chi connectivity index (χ0v) is 39.1. The quantitative estimate of drug-likeness (QED) is 0.0168. The summed E-state index contributed by atoms with van der Waals surface area (Å²) in [6.07, 6.45) is -0.661. The second-order valence-electron chi connectivity index (χ2n) is 15.1. The SMILES string of the molecule is CNCC(=O)NC(CC(=O)O)C(=O)NC(C)Cc1ccc(O)cc1.COCC(=O)NC(CCCCNC(=O)NCC(=O)NC(CCCN=C(N)N)C(C)=O)C(=O)OC(C)C(=O)OC(C)C(C)=O. The van der Waals surface area contributed by atoms with Gasteiger partial charge in [0.15, 0.2) is 29.7 Å². The number of ether oxygens (including phenoxy) is 3. The zero-order valence-electron chi connectivity index (χ0n) is 39.1. The molecule has 1 rings (SSSR count). The second kappa shape index (κ2) is 33.6. The summed E-state index contributed by atoms with van der Waals surface area (Å²) in [5.41, 5.74) is 11.4. The summed E-state index contributed by atoms with van der Waals surface area (Å²) in [6.45, 7) is 6.82. The highest BCUT2D eigenvalue weighted by Gasteiger charge is 2.29. The number of nitrogens with one attached hydrogen (secondary N) is 7. The number of aromatic hydroxyl groups is 1. The lowest BCUT2D eigenvalue weighted by Gasteiger charge is -2.21. The normalized spacial score (nSPS) is 13.1. The molecule has 1 aromatic rings. The van der Waals surface area contributed by atoms with Gasteiger partial charge in [0, 0.05) is 26.2 Å². The van der Waals surface area contributed by atoms with Crippen LogP contribution in [0, 0.1) is 0 Å². The van der Waals surface area contributed by atoms with Gasteiger partial charge in [-0.2, -0.15) is 0 Å². The summed E-state index contributed by atoms with van der Waals surface area (Å²) >= 11 is 0. The van der Waals surface area contributed by atoms with Crippen molar-refractivity contribution in [3.63, 3.8) is 0 Å². The number of phenols is 1. The summed E-state index contributed by atoms with van der Waals surface area (Å²) < 4.78 is 14.8. The van der Waals surface area contributed by atoms with Crippen molar-refractivity contribution in [2.24, 2.45) is 16.5 Å². The fourth-order valence-corrected chi connectivity index (χ4v) is 5.47. The third-order valence-corrected chi connectivity index (χ3v) is 9.01. The minimum Gasteiger partial charge on any atom is -0.508 e. The van der Waals surface area contributed by atoms with E-state index in [2.05, 4.69) is 42.2 Å². The summed E-state index contributed by atoms with van der Waals surface area (Å²) in [5.74, 6) is -5.66. The van der Waals surface area contributed by atoms with Gasteiger partial charge in [-0.15, -0.1) is 0 Å². The van der Waals surface area contributed by atoms with Crippen LogP contribution in [0.1, 0.15) is 78.7 Å². The molecule has 0 radical (unpaired) electrons. The fraction of sp³-hybridized carbons (Fsp3) is 0.595. The number of carbonyl (C=O) groups is 10. The van der Waals surface area contributed by atoms with Crippen LogP contribution in [0.25, 0.3) is 0 Å². The molecular formula is C42H68N10O15. The number of nitrogens with zero attached hydrogens (tertiary/aromatic N) is 1. The number of likely N-dealkylation sites (N-methyl/N-ethyl adjacent to an activating group) is 1. The van der Waals surface area contributed by atoms with Gasteiger partial charge in [0.25, 0.3) is 0 Å². The van der Waals surface area contributed by atoms with Gasteiger partial charge in [0.1, 0.15) is 24.4 Å². The molecule has 0 heterocycles. The Morgan fingerprint density at radius 2 is 1.28 bits per heavy atom. The standard InChI is InChI=1S/C26H45N7O10.C16H23N3O5/c1-15(34)17(3)42-23(38)18(4)43-24(39)20(33-22(37)14-41-5)9-6-7-11-30-26(40)31-13-21(36)32-19(16(2)35)10-8-12-29-25(27)28;1-10(7-11-3-5-12(20)6-4-11)18-16(24)13(8-15(22)23)19-14(21)9-17-2/h17-20H,6-14H2,1-5H3,(H,32,36)(H,33,37)(H4,27,28,29)(H2,30,31,40);3-6,10,13,17,20H,7-9H2,1-2H3,(H,18,24)(H,19,21)(H,22,23). The number of amides is 6. The highest BCUT2D eigenvalue weighted by molar-refractivity contribution is 5.92. The van der Waals surface area contributed by atoms with Gasteiger partial charge >= 0.3 is 23.9 Å². The van der Waals surface area contributed by atoms with Gasteiger partial charge in [-0.25, -0.2) is 14.4 Å². The molecule has 0 bridgehead atoms. The van der Waals surface area contributed by atoms with Crippen LogP contribution in [-0.2, 0) is 63.8 Å². The van der Waals surface area contributed by atoms with Crippen LogP contribution in [0.2, 0.25) is 0 Å². The number of rotatable bonds is 30. The third-order valence-electron chi connectivity index (χ3n) is 9.01. The minimum absolute atomic E-state index is 0.00748. The van der Waals surface area contributed by atoms with E-state index in [1.165, 1.54) is 34.8 Å². The molecular weight excluding hydrogens is 885 g/mol. The maximum absolute atomic E-state index is 12.7. The Morgan fingerprint density at radius 3 is 1.85 bits per heavy atom. The lowest BCUT2D eigenvalue weighted by Crippen LogP contribution is -2.51. The van der Waals surface area contributed by atoms with Crippen molar-refractivity contribution in [1.29, 1.82) is 0 Å². The molecule has 6 unspecified atom stereocenters. The number of carboxylic acid groups (broad SMARTS) is 1. The first-order valence-electron chi connectivity index (χ1n) is 21.3. The molecule has 0 saturated heterocycles. The molecule has 13 N–H and O–H groups in total. The second-order valence-corrected chi connectivity index (χ2v) is 15.1. The number of ketones is 2. The number of hydrogen-bond acceptors (Lipinski definition) is 16. The lowest BCUT2D eigenvalue weighted by molar-refractivity contribution is -0.172. The van der Waals surface area contributed by atoms with Crippen molar-refractivity contribution in [3.8, 4) is 5.75 Å². The number of aliphatic carboxylic acids is 1. The highest BCUT2D eigenvalue weighted by atomic mass is 16.6. The monoisotopic (exact) mass is 952 g/mol. The summed E-state index contributed by atoms with van der Waals surface area (Å²) in [6, 6.07) is 2.69. The van der Waals surface area contributed by atoms with E-state index in [-0.39, 0.29) is 62.0 Å². The van der Waals surface area contributed by atoms with E-state index in [1.807, 2.05) is 0 Å². The number of nitrogens with two attached hydrogens (primary N) is 2. The molecule has 0 aromatic heterocycles. The van der Waals surface area contributed by atoms with Crippen LogP contribution in [0.15, 0.2) is 29.3 Å². The van der Waals surface area contributed by atoms with Gasteiger partial charge in [0.2, 0.25) is 23.6 Å². The van der Waals surface area contributed by atoms with Crippen molar-refractivity contribution < 1.29 is 72.4 Å². The number of aliphatic imine (C=N–C) groups is 1. The summed E-state index contributed by atoms with van der Waals surface area (Å²) in [7, 11) is 2.88. The molecule has 0 saturated carbocycles. The Hall–Kier alpha value is -6.89. The number of unbranched alkanes of at least 4 members (excludes halogenated alkanes) is 1. The van der Waals surface area contributed by atoms with Crippen molar-refractivity contribution in [2.45, 2.75) is 116 Å². The molecule has 6 amide bonds. The smallest absolute Gasteiger partial charge is 0.347 e. The first kappa shape index (κ1) is 60.1. The number of guanidine groups is 1. The number of hydrogen-bond donors (Lipinski definition) is 11. The van der Waals surface area contributed by atoms with Crippen LogP contribution >= 0.6 is 0 Å². The van der Waals surface area contributed by atoms with Gasteiger partial charge in [-0.3, -0.25) is 38.6 Å². The van der Waals surface area contributed by atoms with Crippen LogP contribution in [0.4, 0.5) is 4.79 Å². The van der Waals surface area contributed by atoms with Crippen molar-refractivity contribution >= 4 is 65.1 Å². The molecule has 25 nitrogen and oxygen atoms in total. The van der Waals surface area contributed by atoms with Gasteiger partial charge in [-0.05, 0) is 97.9 Å². The zero-order chi connectivity index (χ0) is 51.1. The van der Waals surface area contributed by atoms with E-state index in [0.29, 0.717) is 38.6 Å². The van der Waals surface area contributed by atoms with Crippen molar-refractivity contribution in [3.05, 3.63) is 29.8 Å². The molecule has 0 aliphatic carbocycles. The number of carboxylic acids is 1. The first-order chi connectivity index (χ1) is 31.5. The van der Waals surface area contributed by atoms with Crippen LogP contribution in [0.5, 0.6) is 5.75 Å². The van der Waals surface area contributed by atoms with E-state index in [4.69, 9.17) is 30.8 Å². The molecule has 6 atom stereocenters. The minimum atomic E-state index is -1.32. The number of Topliss-reactive ketones (excluding diaryl/α,β-unsaturated/α-hetero) is 2. The third kappa shape index (κ3) is 29.3. The van der Waals surface area contributed by atoms with E-state index < -0.39 is 84.3 Å². The Balaban J connectivity index is 0.00000152. The highest BCUT2D eigenvalue weighted by Crippen LogP contribution is 2.12. The van der Waals surface area contributed by atoms with Crippen molar-refractivity contribution in [1.82, 2.24) is 37.2 Å². The van der Waals surface area contributed by atoms with E-state index in [9.17, 15) is 53.1 Å². The Bertz CT molecular complexity index is 1830. The molecule has 0 spiro atoms. The average molecular weight is 953 g/mol. The Kier molecular flexibility index (Phi) is 30.1. The number of phenolic OH excluding ortho intramolecular Hbond substituents is 1. The van der Waals surface area contributed by atoms with Crippen LogP contribution in [0.3, 0.4) is 0 Å². The van der Waals surface area contributed by atoms with E-state index >= 15 is 0 Å². The number of esters is 2. The van der Waals surface area contributed by atoms with Gasteiger partial charge in [0.05, 0.1) is 25.6 Å². The largest absolute Gasteiger partial charge is 0.508 e. The predicted molar refractivity (Wildman–Crippen MR) is 241 cm³/mol. The topological polar surface area (TPSA) is 387 Å². The molecule has 0 aliphatic heterocycles. The van der Waals surface area contributed by atoms with E-state index in [0.717, 1.165) is 5.56 Å². The molecule has 25 heteroatoms. The number of carbonyl (C=O) groups excluding carboxylic acids is 9. The average Bonchev–Trinajstić information content (AvgIpc) is 3.23. The molecule has 376 valence electrons. The maximum atomic E-state index is 12.7. The lowest BCUT2D eigenvalue weighted by atomic mass is 10.1. The molecule has 67 heavy (non-hydrogen) atoms. The molecule has 1 aromatic carbocycles. The first-order valence-corrected chi connectivity index (χ1v) is 21.3. The Labute approximate surface area is 389 Å². The van der Waals surface area contributed by atoms with Crippen LogP contribution < -0.4 is 48.7 Å². The number of urea groups is 1. The van der Waals surface area contributed by atoms with Crippen molar-refractivity contribution in [2.75, 3.05) is 46.9 Å². The maximum Gasteiger partial charge on any atom is 0.347 e. The van der Waals surface area contributed by atoms with E-state index in [1.54, 1.807) is 38.2 Å². The summed E-state index contributed by atoms with van der Waals surface area (Å²) in [4.78, 5) is 123. The Morgan fingerprint density at radius 1 is 0.701 bits per heavy atom. The molecule has 0 fully saturated rings. The van der Waals surface area contributed by atoms with Gasteiger partial charge in [-0.1, -0.05) is 12.1 Å². The number of benzene rings is 1. The van der Waals surface area contributed by atoms with Gasteiger partial charge < -0.3 is 73.1 Å². The summed E-state index contributed by atoms with van der Waals surface area (Å²) in [5, 5.41) is 35.8. The molecule has 0 aliphatic rings.